The highest BCUT2D eigenvalue weighted by Gasteiger charge is 2.37. The Hall–Kier alpha value is -3.88. The van der Waals surface area contributed by atoms with Crippen molar-refractivity contribution in [2.45, 2.75) is 4.90 Å². The molecule has 0 radical (unpaired) electrons. The molecule has 0 saturated carbocycles. The molecule has 188 valence electrons. The molecule has 3 aromatic rings. The van der Waals surface area contributed by atoms with Crippen LogP contribution < -0.4 is 14.4 Å². The Kier molecular flexibility index (Phi) is 7.25. The van der Waals surface area contributed by atoms with Crippen LogP contribution in [0.1, 0.15) is 5.56 Å². The van der Waals surface area contributed by atoms with Crippen molar-refractivity contribution in [3.05, 3.63) is 96.9 Å². The Morgan fingerprint density at radius 3 is 2.24 bits per heavy atom. The van der Waals surface area contributed by atoms with Gasteiger partial charge in [-0.1, -0.05) is 34.1 Å². The van der Waals surface area contributed by atoms with E-state index in [0.29, 0.717) is 9.37 Å². The largest absolute Gasteiger partial charge is 0.377 e. The number of amides is 4. The summed E-state index contributed by atoms with van der Waals surface area (Å²) < 4.78 is 31.7. The first-order valence-electron chi connectivity index (χ1n) is 10.1. The van der Waals surface area contributed by atoms with Crippen LogP contribution in [0.2, 0.25) is 0 Å². The first-order chi connectivity index (χ1) is 17.5. The molecule has 1 N–H and O–H groups in total. The summed E-state index contributed by atoms with van der Waals surface area (Å²) in [5.74, 6) is -2.27. The highest BCUT2D eigenvalue weighted by Crippen LogP contribution is 2.37. The van der Waals surface area contributed by atoms with Crippen LogP contribution in [0.3, 0.4) is 0 Å². The summed E-state index contributed by atoms with van der Waals surface area (Å²) in [5.41, 5.74) is -0.770. The van der Waals surface area contributed by atoms with E-state index >= 15 is 0 Å². The number of halogens is 2. The van der Waals surface area contributed by atoms with Gasteiger partial charge >= 0.3 is 16.1 Å². The summed E-state index contributed by atoms with van der Waals surface area (Å²) in [6, 6.07) is 13.8. The third-order valence-electron chi connectivity index (χ3n) is 4.98. The summed E-state index contributed by atoms with van der Waals surface area (Å²) in [7, 11) is -4.29. The fraction of sp³-hybridized carbons (Fsp3) is 0. The topological polar surface area (TPSA) is 153 Å². The number of anilines is 1. The first kappa shape index (κ1) is 26.2. The predicted octanol–water partition coefficient (Wildman–Crippen LogP) is 4.55. The summed E-state index contributed by atoms with van der Waals surface area (Å²) in [5, 5.41) is 13.0. The molecule has 1 aliphatic rings. The van der Waals surface area contributed by atoms with E-state index < -0.39 is 38.5 Å². The van der Waals surface area contributed by atoms with Crippen LogP contribution in [0.5, 0.6) is 5.75 Å². The first-order valence-corrected chi connectivity index (χ1v) is 13.1. The lowest BCUT2D eigenvalue weighted by Gasteiger charge is -2.26. The number of imide groups is 2. The standard InChI is InChI=1S/C23H13Br2N3O8S/c24-14-10-13(20(19(25)12-14)36-37(34,35)17-4-2-1-3-5-17)11-18-21(29)26-23(31)27(22(18)30)15-6-8-16(9-7-15)28(32)33/h1-12H,(H,26,29,31)/b18-11+. The number of carbonyl (C=O) groups is 3. The molecule has 0 spiro atoms. The Balaban J connectivity index is 1.77. The zero-order chi connectivity index (χ0) is 26.9. The van der Waals surface area contributed by atoms with Crippen molar-refractivity contribution in [3.63, 3.8) is 0 Å². The minimum absolute atomic E-state index is 0.0231. The average Bonchev–Trinajstić information content (AvgIpc) is 2.84. The monoisotopic (exact) mass is 649 g/mol. The van der Waals surface area contributed by atoms with Crippen LogP contribution in [-0.2, 0) is 19.7 Å². The summed E-state index contributed by atoms with van der Waals surface area (Å²) >= 11 is 6.52. The SMILES string of the molecule is O=C1NC(=O)N(c2ccc([N+](=O)[O-])cc2)C(=O)/C1=C/c1cc(Br)cc(Br)c1OS(=O)(=O)c1ccccc1. The Morgan fingerprint density at radius 1 is 0.973 bits per heavy atom. The summed E-state index contributed by atoms with van der Waals surface area (Å²) in [6.45, 7) is 0. The maximum absolute atomic E-state index is 13.2. The van der Waals surface area contributed by atoms with E-state index in [2.05, 4.69) is 31.9 Å². The lowest BCUT2D eigenvalue weighted by atomic mass is 10.1. The van der Waals surface area contributed by atoms with Crippen molar-refractivity contribution in [2.24, 2.45) is 0 Å². The van der Waals surface area contributed by atoms with Gasteiger partial charge in [-0.3, -0.25) is 25.0 Å². The van der Waals surface area contributed by atoms with Gasteiger partial charge in [0.25, 0.3) is 17.5 Å². The van der Waals surface area contributed by atoms with Gasteiger partial charge < -0.3 is 4.18 Å². The van der Waals surface area contributed by atoms with Crippen molar-refractivity contribution >= 4 is 77.3 Å². The third kappa shape index (κ3) is 5.45. The average molecular weight is 651 g/mol. The van der Waals surface area contributed by atoms with E-state index in [4.69, 9.17) is 4.18 Å². The van der Waals surface area contributed by atoms with Gasteiger partial charge in [0.1, 0.15) is 10.5 Å². The van der Waals surface area contributed by atoms with Crippen LogP contribution in [0.25, 0.3) is 6.08 Å². The molecule has 11 nitrogen and oxygen atoms in total. The molecule has 3 aromatic carbocycles. The number of nitrogens with zero attached hydrogens (tertiary/aromatic N) is 2. The number of rotatable bonds is 6. The molecule has 0 unspecified atom stereocenters. The van der Waals surface area contributed by atoms with Crippen molar-refractivity contribution in [2.75, 3.05) is 4.90 Å². The number of nitro benzene ring substituents is 1. The maximum Gasteiger partial charge on any atom is 0.339 e. The fourth-order valence-corrected chi connectivity index (χ4v) is 5.73. The van der Waals surface area contributed by atoms with Gasteiger partial charge in [-0.25, -0.2) is 9.69 Å². The van der Waals surface area contributed by atoms with E-state index in [0.717, 1.165) is 18.2 Å². The molecule has 0 aliphatic carbocycles. The predicted molar refractivity (Wildman–Crippen MR) is 138 cm³/mol. The van der Waals surface area contributed by atoms with Crippen molar-refractivity contribution < 1.29 is 31.9 Å². The Labute approximate surface area is 226 Å². The lowest BCUT2D eigenvalue weighted by Crippen LogP contribution is -2.54. The molecule has 1 aliphatic heterocycles. The molecule has 4 amide bonds. The van der Waals surface area contributed by atoms with Crippen molar-refractivity contribution in [1.82, 2.24) is 5.32 Å². The minimum Gasteiger partial charge on any atom is -0.377 e. The van der Waals surface area contributed by atoms with E-state index in [1.54, 1.807) is 6.07 Å². The van der Waals surface area contributed by atoms with Crippen LogP contribution in [0, 0.1) is 10.1 Å². The molecule has 0 aromatic heterocycles. The smallest absolute Gasteiger partial charge is 0.339 e. The van der Waals surface area contributed by atoms with Crippen LogP contribution >= 0.6 is 31.9 Å². The molecule has 1 heterocycles. The zero-order valence-electron chi connectivity index (χ0n) is 18.3. The van der Waals surface area contributed by atoms with Gasteiger partial charge in [0.05, 0.1) is 15.1 Å². The van der Waals surface area contributed by atoms with Gasteiger partial charge in [0, 0.05) is 22.2 Å². The molecular formula is C23H13Br2N3O8S. The van der Waals surface area contributed by atoms with Gasteiger partial charge in [-0.15, -0.1) is 0 Å². The third-order valence-corrected chi connectivity index (χ3v) is 7.26. The Morgan fingerprint density at radius 2 is 1.62 bits per heavy atom. The molecule has 37 heavy (non-hydrogen) atoms. The van der Waals surface area contributed by atoms with E-state index in [9.17, 15) is 32.9 Å². The molecular weight excluding hydrogens is 638 g/mol. The molecule has 4 rings (SSSR count). The highest BCUT2D eigenvalue weighted by molar-refractivity contribution is 9.11. The second-order valence-corrected chi connectivity index (χ2v) is 10.7. The number of nitro groups is 1. The van der Waals surface area contributed by atoms with Crippen molar-refractivity contribution in [3.8, 4) is 5.75 Å². The number of non-ortho nitro benzene ring substituents is 1. The van der Waals surface area contributed by atoms with Gasteiger partial charge in [0.2, 0.25) is 0 Å². The number of nitrogens with one attached hydrogen (secondary N) is 1. The molecule has 1 fully saturated rings. The highest BCUT2D eigenvalue weighted by atomic mass is 79.9. The lowest BCUT2D eigenvalue weighted by molar-refractivity contribution is -0.384. The van der Waals surface area contributed by atoms with Crippen LogP contribution in [0.15, 0.2) is 86.1 Å². The Bertz CT molecular complexity index is 1590. The number of urea groups is 1. The minimum atomic E-state index is -4.29. The second-order valence-electron chi connectivity index (χ2n) is 7.39. The van der Waals surface area contributed by atoms with Gasteiger partial charge in [-0.05, 0) is 58.4 Å². The van der Waals surface area contributed by atoms with Crippen molar-refractivity contribution in [1.29, 1.82) is 0 Å². The quantitative estimate of drug-likeness (QED) is 0.134. The molecule has 0 atom stereocenters. The summed E-state index contributed by atoms with van der Waals surface area (Å²) in [4.78, 5) is 49.1. The molecule has 0 bridgehead atoms. The van der Waals surface area contributed by atoms with E-state index in [1.165, 1.54) is 48.5 Å². The number of hydrogen-bond acceptors (Lipinski definition) is 8. The zero-order valence-corrected chi connectivity index (χ0v) is 22.2. The fourth-order valence-electron chi connectivity index (χ4n) is 3.29. The van der Waals surface area contributed by atoms with E-state index in [-0.39, 0.29) is 32.1 Å². The summed E-state index contributed by atoms with van der Waals surface area (Å²) in [6.07, 6.45) is 1.08. The maximum atomic E-state index is 13.2. The van der Waals surface area contributed by atoms with Gasteiger partial charge in [-0.2, -0.15) is 8.42 Å². The van der Waals surface area contributed by atoms with Crippen LogP contribution in [0.4, 0.5) is 16.2 Å². The van der Waals surface area contributed by atoms with E-state index in [1.807, 2.05) is 5.32 Å². The number of benzene rings is 3. The van der Waals surface area contributed by atoms with Crippen LogP contribution in [-0.4, -0.2) is 31.2 Å². The van der Waals surface area contributed by atoms with Gasteiger partial charge in [0.15, 0.2) is 5.75 Å². The second kappa shape index (κ2) is 10.2. The number of hydrogen-bond donors (Lipinski definition) is 1. The molecule has 14 heteroatoms. The number of carbonyl (C=O) groups excluding carboxylic acids is 3. The molecule has 1 saturated heterocycles. The normalized spacial score (nSPS) is 15.0. The number of barbiturate groups is 1.